The third-order valence-corrected chi connectivity index (χ3v) is 2.31. The summed E-state index contributed by atoms with van der Waals surface area (Å²) in [6.07, 6.45) is 0. The molecule has 0 aromatic heterocycles. The molecule has 0 unspecified atom stereocenters. The molecule has 0 aliphatic carbocycles. The number of ether oxygens (including phenoxy) is 3. The summed E-state index contributed by atoms with van der Waals surface area (Å²) in [5.41, 5.74) is 1.49. The minimum absolute atomic E-state index is 0.178. The van der Waals surface area contributed by atoms with Crippen LogP contribution in [0.4, 0.5) is 5.69 Å². The Hall–Kier alpha value is -1.91. The topological polar surface area (TPSA) is 57.1 Å². The van der Waals surface area contributed by atoms with Crippen molar-refractivity contribution >= 4 is 29.0 Å². The van der Waals surface area contributed by atoms with E-state index in [-0.39, 0.29) is 6.61 Å². The number of hydrogen-bond acceptors (Lipinski definition) is 6. The molecule has 5 nitrogen and oxygen atoms in total. The fourth-order valence-corrected chi connectivity index (χ4v) is 1.39. The Balaban J connectivity index is 3.01. The summed E-state index contributed by atoms with van der Waals surface area (Å²) >= 11 is 4.56. The summed E-state index contributed by atoms with van der Waals surface area (Å²) in [7, 11) is 2.80. The van der Waals surface area contributed by atoms with E-state index >= 15 is 0 Å². The molecule has 0 atom stereocenters. The van der Waals surface area contributed by atoms with E-state index in [2.05, 4.69) is 27.1 Å². The molecule has 0 fully saturated rings. The smallest absolute Gasteiger partial charge is 0.343 e. The van der Waals surface area contributed by atoms with Gasteiger partial charge in [0, 0.05) is 6.07 Å². The number of nitrogens with zero attached hydrogens (tertiary/aromatic N) is 1. The summed E-state index contributed by atoms with van der Waals surface area (Å²) in [5, 5.41) is 2.29. The lowest BCUT2D eigenvalue weighted by atomic mass is 10.2. The summed E-state index contributed by atoms with van der Waals surface area (Å²) in [5.74, 6) is 0.452. The predicted molar refractivity (Wildman–Crippen MR) is 69.9 cm³/mol. The van der Waals surface area contributed by atoms with Gasteiger partial charge in [0.2, 0.25) is 0 Å². The summed E-state index contributed by atoms with van der Waals surface area (Å²) < 4.78 is 15.0. The minimum atomic E-state index is -0.462. The van der Waals surface area contributed by atoms with Crippen molar-refractivity contribution < 1.29 is 19.0 Å². The number of esters is 1. The number of rotatable bonds is 5. The first-order valence-electron chi connectivity index (χ1n) is 5.08. The van der Waals surface area contributed by atoms with Gasteiger partial charge in [-0.1, -0.05) is 0 Å². The molecule has 0 radical (unpaired) electrons. The summed E-state index contributed by atoms with van der Waals surface area (Å²) in [4.78, 5) is 14.9. The maximum Gasteiger partial charge on any atom is 0.343 e. The normalized spacial score (nSPS) is 9.28. The van der Waals surface area contributed by atoms with Crippen LogP contribution in [0, 0.1) is 6.92 Å². The van der Waals surface area contributed by atoms with Gasteiger partial charge in [-0.2, -0.15) is 4.99 Å². The highest BCUT2D eigenvalue weighted by atomic mass is 32.1. The third kappa shape index (κ3) is 3.55. The van der Waals surface area contributed by atoms with E-state index in [1.807, 2.05) is 6.92 Å². The van der Waals surface area contributed by atoms with Gasteiger partial charge in [-0.25, -0.2) is 4.79 Å². The quantitative estimate of drug-likeness (QED) is 0.465. The van der Waals surface area contributed by atoms with Crippen LogP contribution in [0.15, 0.2) is 17.1 Å². The number of carbonyl (C=O) groups is 1. The van der Waals surface area contributed by atoms with Crippen LogP contribution in [0.1, 0.15) is 5.56 Å². The molecule has 18 heavy (non-hydrogen) atoms. The first-order valence-corrected chi connectivity index (χ1v) is 5.49. The number of thiocarbonyl (C=S) groups is 1. The van der Waals surface area contributed by atoms with Crippen LogP contribution >= 0.6 is 12.2 Å². The van der Waals surface area contributed by atoms with Gasteiger partial charge in [0.25, 0.3) is 0 Å². The number of carbonyl (C=O) groups excluding carboxylic acids is 1. The van der Waals surface area contributed by atoms with E-state index in [1.165, 1.54) is 14.2 Å². The van der Waals surface area contributed by atoms with Crippen molar-refractivity contribution in [1.29, 1.82) is 0 Å². The predicted octanol–water partition coefficient (Wildman–Crippen LogP) is 2.29. The van der Waals surface area contributed by atoms with Crippen molar-refractivity contribution in [2.45, 2.75) is 6.92 Å². The number of isothiocyanates is 1. The second-order valence-electron chi connectivity index (χ2n) is 3.36. The van der Waals surface area contributed by atoms with E-state index in [0.717, 1.165) is 5.56 Å². The Bertz CT molecular complexity index is 495. The van der Waals surface area contributed by atoms with Crippen molar-refractivity contribution in [2.24, 2.45) is 4.99 Å². The highest BCUT2D eigenvalue weighted by Crippen LogP contribution is 2.34. The van der Waals surface area contributed by atoms with Crippen molar-refractivity contribution in [3.8, 4) is 11.5 Å². The highest BCUT2D eigenvalue weighted by molar-refractivity contribution is 7.78. The SMILES string of the molecule is COC(=O)COc1cc(C)c(N=C=S)cc1OC. The second kappa shape index (κ2) is 6.74. The lowest BCUT2D eigenvalue weighted by molar-refractivity contribution is -0.142. The molecule has 1 rings (SSSR count). The van der Waals surface area contributed by atoms with Crippen molar-refractivity contribution in [3.63, 3.8) is 0 Å². The average molecular weight is 267 g/mol. The third-order valence-electron chi connectivity index (χ3n) is 2.22. The molecule has 0 N–H and O–H groups in total. The Morgan fingerprint density at radius 1 is 1.39 bits per heavy atom. The van der Waals surface area contributed by atoms with E-state index in [1.54, 1.807) is 12.1 Å². The van der Waals surface area contributed by atoms with Crippen LogP contribution < -0.4 is 9.47 Å². The van der Waals surface area contributed by atoms with Gasteiger partial charge in [-0.05, 0) is 30.8 Å². The number of hydrogen-bond donors (Lipinski definition) is 0. The molecule has 0 spiro atoms. The fraction of sp³-hybridized carbons (Fsp3) is 0.333. The fourth-order valence-electron chi connectivity index (χ4n) is 1.29. The Morgan fingerprint density at radius 2 is 2.11 bits per heavy atom. The van der Waals surface area contributed by atoms with Crippen molar-refractivity contribution in [3.05, 3.63) is 17.7 Å². The molecule has 0 saturated heterocycles. The first kappa shape index (κ1) is 14.2. The lowest BCUT2D eigenvalue weighted by Crippen LogP contribution is -2.13. The van der Waals surface area contributed by atoms with Crippen LogP contribution in [0.2, 0.25) is 0 Å². The molecule has 0 heterocycles. The van der Waals surface area contributed by atoms with Crippen molar-refractivity contribution in [2.75, 3.05) is 20.8 Å². The molecular formula is C12H13NO4S. The van der Waals surface area contributed by atoms with E-state index in [4.69, 9.17) is 9.47 Å². The monoisotopic (exact) mass is 267 g/mol. The second-order valence-corrected chi connectivity index (χ2v) is 3.54. The zero-order chi connectivity index (χ0) is 13.5. The van der Waals surface area contributed by atoms with Crippen LogP contribution in [-0.2, 0) is 9.53 Å². The van der Waals surface area contributed by atoms with Crippen LogP contribution in [0.25, 0.3) is 0 Å². The maximum atomic E-state index is 11.0. The van der Waals surface area contributed by atoms with Gasteiger partial charge in [-0.15, -0.1) is 0 Å². The van der Waals surface area contributed by atoms with E-state index in [0.29, 0.717) is 17.2 Å². The summed E-state index contributed by atoms with van der Waals surface area (Å²) in [6, 6.07) is 3.38. The maximum absolute atomic E-state index is 11.0. The van der Waals surface area contributed by atoms with Crippen molar-refractivity contribution in [1.82, 2.24) is 0 Å². The average Bonchev–Trinajstić information content (AvgIpc) is 2.38. The zero-order valence-corrected chi connectivity index (χ0v) is 11.2. The molecule has 6 heteroatoms. The first-order chi connectivity index (χ1) is 8.62. The minimum Gasteiger partial charge on any atom is -0.493 e. The Labute approximate surface area is 110 Å². The number of benzene rings is 1. The molecular weight excluding hydrogens is 254 g/mol. The molecule has 0 saturated carbocycles. The van der Waals surface area contributed by atoms with Crippen LogP contribution in [0.3, 0.4) is 0 Å². The number of aryl methyl sites for hydroxylation is 1. The summed E-state index contributed by atoms with van der Waals surface area (Å²) in [6.45, 7) is 1.66. The van der Waals surface area contributed by atoms with Gasteiger partial charge in [0.15, 0.2) is 18.1 Å². The van der Waals surface area contributed by atoms with Gasteiger partial charge in [-0.3, -0.25) is 0 Å². The molecule has 0 bridgehead atoms. The van der Waals surface area contributed by atoms with Gasteiger partial charge in [0.1, 0.15) is 0 Å². The largest absolute Gasteiger partial charge is 0.493 e. The molecule has 0 amide bonds. The Morgan fingerprint density at radius 3 is 2.67 bits per heavy atom. The number of aliphatic imine (C=N–C) groups is 1. The lowest BCUT2D eigenvalue weighted by Gasteiger charge is -2.11. The number of methoxy groups -OCH3 is 2. The molecule has 0 aliphatic rings. The molecule has 96 valence electrons. The molecule has 1 aromatic carbocycles. The van der Waals surface area contributed by atoms with Crippen LogP contribution in [-0.4, -0.2) is 32.0 Å². The van der Waals surface area contributed by atoms with E-state index in [9.17, 15) is 4.79 Å². The molecule has 0 aliphatic heterocycles. The van der Waals surface area contributed by atoms with Gasteiger partial charge >= 0.3 is 5.97 Å². The van der Waals surface area contributed by atoms with Crippen LogP contribution in [0.5, 0.6) is 11.5 Å². The standard InChI is InChI=1S/C12H13NO4S/c1-8-4-11(17-6-12(14)16-3)10(15-2)5-9(8)13-7-18/h4-5H,6H2,1-3H3. The molecule has 1 aromatic rings. The van der Waals surface area contributed by atoms with Gasteiger partial charge in [0.05, 0.1) is 25.1 Å². The zero-order valence-electron chi connectivity index (χ0n) is 10.4. The van der Waals surface area contributed by atoms with Gasteiger partial charge < -0.3 is 14.2 Å². The Kier molecular flexibility index (Phi) is 5.30. The highest BCUT2D eigenvalue weighted by Gasteiger charge is 2.10. The van der Waals surface area contributed by atoms with E-state index < -0.39 is 5.97 Å².